The summed E-state index contributed by atoms with van der Waals surface area (Å²) in [6.45, 7) is 0.667. The van der Waals surface area contributed by atoms with E-state index in [1.807, 2.05) is 0 Å². The quantitative estimate of drug-likeness (QED) is 0.770. The minimum Gasteiger partial charge on any atom is -0.493 e. The molecule has 0 radical (unpaired) electrons. The highest BCUT2D eigenvalue weighted by atomic mass is 16.5. The summed E-state index contributed by atoms with van der Waals surface area (Å²) in [4.78, 5) is 11.6. The first-order valence-corrected chi connectivity index (χ1v) is 6.25. The molecule has 0 aliphatic carbocycles. The molecule has 0 fully saturated rings. The first-order valence-electron chi connectivity index (χ1n) is 6.25. The van der Waals surface area contributed by atoms with Crippen LogP contribution >= 0.6 is 0 Å². The monoisotopic (exact) mass is 272 g/mol. The number of aromatic nitrogens is 2. The third kappa shape index (κ3) is 4.56. The van der Waals surface area contributed by atoms with Crippen molar-refractivity contribution in [1.82, 2.24) is 15.5 Å². The molecular weight excluding hydrogens is 256 g/mol. The zero-order chi connectivity index (χ0) is 14.2. The fourth-order valence-corrected chi connectivity index (χ4v) is 1.57. The van der Waals surface area contributed by atoms with Gasteiger partial charge in [-0.25, -0.2) is 0 Å². The fourth-order valence-electron chi connectivity index (χ4n) is 1.57. The zero-order valence-electron chi connectivity index (χ0n) is 11.0. The molecule has 1 aromatic heterocycles. The third-order valence-corrected chi connectivity index (χ3v) is 2.55. The summed E-state index contributed by atoms with van der Waals surface area (Å²) < 4.78 is 5.44. The van der Waals surface area contributed by atoms with Gasteiger partial charge >= 0.3 is 0 Å². The summed E-state index contributed by atoms with van der Waals surface area (Å²) in [5, 5.41) is 10.4. The van der Waals surface area contributed by atoms with E-state index < -0.39 is 0 Å². The molecule has 6 heteroatoms. The SMILES string of the molecule is Nc1cccc(OCCC(=O)NCc2cccnn2)c1. The van der Waals surface area contributed by atoms with E-state index in [-0.39, 0.29) is 12.3 Å². The van der Waals surface area contributed by atoms with Crippen molar-refractivity contribution in [3.05, 3.63) is 48.3 Å². The van der Waals surface area contributed by atoms with Crippen LogP contribution in [0.1, 0.15) is 12.1 Å². The van der Waals surface area contributed by atoms with Gasteiger partial charge in [0.15, 0.2) is 0 Å². The number of benzene rings is 1. The minimum absolute atomic E-state index is 0.0976. The molecule has 20 heavy (non-hydrogen) atoms. The lowest BCUT2D eigenvalue weighted by atomic mass is 10.3. The minimum atomic E-state index is -0.0976. The first kappa shape index (κ1) is 13.8. The molecule has 0 atom stereocenters. The number of nitrogens with zero attached hydrogens (tertiary/aromatic N) is 2. The maximum atomic E-state index is 11.6. The van der Waals surface area contributed by atoms with Crippen molar-refractivity contribution in [2.45, 2.75) is 13.0 Å². The lowest BCUT2D eigenvalue weighted by Gasteiger charge is -2.07. The van der Waals surface area contributed by atoms with Crippen LogP contribution in [0.2, 0.25) is 0 Å². The van der Waals surface area contributed by atoms with Crippen molar-refractivity contribution in [1.29, 1.82) is 0 Å². The standard InChI is InChI=1S/C14H16N4O2/c15-11-3-1-5-13(9-11)20-8-6-14(19)16-10-12-4-2-7-17-18-12/h1-5,7,9H,6,8,10,15H2,(H,16,19). The lowest BCUT2D eigenvalue weighted by molar-refractivity contribution is -0.121. The summed E-state index contributed by atoms with van der Waals surface area (Å²) in [7, 11) is 0. The Hall–Kier alpha value is -2.63. The number of hydrogen-bond donors (Lipinski definition) is 2. The van der Waals surface area contributed by atoms with Crippen LogP contribution in [0.25, 0.3) is 0 Å². The molecular formula is C14H16N4O2. The van der Waals surface area contributed by atoms with Crippen LogP contribution in [0.4, 0.5) is 5.69 Å². The largest absolute Gasteiger partial charge is 0.493 e. The van der Waals surface area contributed by atoms with E-state index in [2.05, 4.69) is 15.5 Å². The van der Waals surface area contributed by atoms with Gasteiger partial charge in [-0.15, -0.1) is 0 Å². The zero-order valence-corrected chi connectivity index (χ0v) is 11.0. The van der Waals surface area contributed by atoms with E-state index in [0.29, 0.717) is 24.6 Å². The number of nitrogens with two attached hydrogens (primary N) is 1. The Balaban J connectivity index is 1.68. The van der Waals surface area contributed by atoms with Crippen LogP contribution in [0.5, 0.6) is 5.75 Å². The Morgan fingerprint density at radius 3 is 2.95 bits per heavy atom. The number of hydrogen-bond acceptors (Lipinski definition) is 5. The van der Waals surface area contributed by atoms with Gasteiger partial charge in [-0.1, -0.05) is 6.07 Å². The van der Waals surface area contributed by atoms with Crippen LogP contribution < -0.4 is 15.8 Å². The highest BCUT2D eigenvalue weighted by Crippen LogP contribution is 2.14. The summed E-state index contributed by atoms with van der Waals surface area (Å²) >= 11 is 0. The molecule has 2 aromatic rings. The van der Waals surface area contributed by atoms with Crippen molar-refractivity contribution < 1.29 is 9.53 Å². The molecule has 104 valence electrons. The number of ether oxygens (including phenoxy) is 1. The number of nitrogens with one attached hydrogen (secondary N) is 1. The number of amides is 1. The smallest absolute Gasteiger partial charge is 0.223 e. The van der Waals surface area contributed by atoms with Gasteiger partial charge in [0.2, 0.25) is 5.91 Å². The molecule has 2 rings (SSSR count). The van der Waals surface area contributed by atoms with Crippen LogP contribution in [-0.2, 0) is 11.3 Å². The Bertz CT molecular complexity index is 560. The normalized spacial score (nSPS) is 10.0. The molecule has 0 saturated heterocycles. The molecule has 1 amide bonds. The second kappa shape index (κ2) is 7.08. The predicted molar refractivity (Wildman–Crippen MR) is 74.8 cm³/mol. The maximum Gasteiger partial charge on any atom is 0.223 e. The van der Waals surface area contributed by atoms with Gasteiger partial charge in [0.1, 0.15) is 5.75 Å². The number of nitrogen functional groups attached to an aromatic ring is 1. The highest BCUT2D eigenvalue weighted by molar-refractivity contribution is 5.75. The molecule has 0 unspecified atom stereocenters. The van der Waals surface area contributed by atoms with E-state index in [0.717, 1.165) is 5.69 Å². The van der Waals surface area contributed by atoms with Crippen LogP contribution in [-0.4, -0.2) is 22.7 Å². The fraction of sp³-hybridized carbons (Fsp3) is 0.214. The molecule has 0 spiro atoms. The molecule has 0 saturated carbocycles. The van der Waals surface area contributed by atoms with Gasteiger partial charge in [-0.3, -0.25) is 4.79 Å². The van der Waals surface area contributed by atoms with Crippen molar-refractivity contribution in [3.8, 4) is 5.75 Å². The van der Waals surface area contributed by atoms with Gasteiger partial charge in [0.25, 0.3) is 0 Å². The van der Waals surface area contributed by atoms with Gasteiger partial charge in [-0.2, -0.15) is 10.2 Å². The van der Waals surface area contributed by atoms with Crippen LogP contribution in [0.3, 0.4) is 0 Å². The van der Waals surface area contributed by atoms with E-state index in [1.165, 1.54) is 0 Å². The van der Waals surface area contributed by atoms with Crippen molar-refractivity contribution in [2.75, 3.05) is 12.3 Å². The summed E-state index contributed by atoms with van der Waals surface area (Å²) in [5.74, 6) is 0.561. The van der Waals surface area contributed by atoms with Crippen LogP contribution in [0.15, 0.2) is 42.6 Å². The van der Waals surface area contributed by atoms with Gasteiger partial charge < -0.3 is 15.8 Å². The van der Waals surface area contributed by atoms with Crippen LogP contribution in [0, 0.1) is 0 Å². The Morgan fingerprint density at radius 2 is 2.20 bits per heavy atom. The van der Waals surface area contributed by atoms with Gasteiger partial charge in [-0.05, 0) is 24.3 Å². The molecule has 3 N–H and O–H groups in total. The summed E-state index contributed by atoms with van der Waals surface area (Å²) in [6, 6.07) is 10.7. The predicted octanol–water partition coefficient (Wildman–Crippen LogP) is 1.14. The Morgan fingerprint density at radius 1 is 1.30 bits per heavy atom. The Labute approximate surface area is 117 Å². The van der Waals surface area contributed by atoms with Gasteiger partial charge in [0, 0.05) is 18.0 Å². The number of anilines is 1. The number of carbonyl (C=O) groups is 1. The second-order valence-corrected chi connectivity index (χ2v) is 4.16. The van der Waals surface area contributed by atoms with Gasteiger partial charge in [0.05, 0.1) is 25.3 Å². The molecule has 0 bridgehead atoms. The molecule has 1 aromatic carbocycles. The molecule has 1 heterocycles. The topological polar surface area (TPSA) is 90.1 Å². The number of rotatable bonds is 6. The lowest BCUT2D eigenvalue weighted by Crippen LogP contribution is -2.24. The molecule has 6 nitrogen and oxygen atoms in total. The third-order valence-electron chi connectivity index (χ3n) is 2.55. The summed E-state index contributed by atoms with van der Waals surface area (Å²) in [5.41, 5.74) is 6.98. The highest BCUT2D eigenvalue weighted by Gasteiger charge is 2.03. The van der Waals surface area contributed by atoms with Crippen molar-refractivity contribution in [2.24, 2.45) is 0 Å². The summed E-state index contributed by atoms with van der Waals surface area (Å²) in [6.07, 6.45) is 1.86. The maximum absolute atomic E-state index is 11.6. The molecule has 0 aliphatic rings. The number of carbonyl (C=O) groups excluding carboxylic acids is 1. The molecule has 0 aliphatic heterocycles. The second-order valence-electron chi connectivity index (χ2n) is 4.16. The average molecular weight is 272 g/mol. The Kier molecular flexibility index (Phi) is 4.88. The van der Waals surface area contributed by atoms with E-state index >= 15 is 0 Å². The first-order chi connectivity index (χ1) is 9.74. The van der Waals surface area contributed by atoms with Crippen molar-refractivity contribution >= 4 is 11.6 Å². The van der Waals surface area contributed by atoms with E-state index in [9.17, 15) is 4.79 Å². The average Bonchev–Trinajstić information content (AvgIpc) is 2.46. The van der Waals surface area contributed by atoms with E-state index in [1.54, 1.807) is 42.6 Å². The van der Waals surface area contributed by atoms with Crippen molar-refractivity contribution in [3.63, 3.8) is 0 Å². The van der Waals surface area contributed by atoms with E-state index in [4.69, 9.17) is 10.5 Å².